The van der Waals surface area contributed by atoms with Crippen molar-refractivity contribution < 1.29 is 22.8 Å². The van der Waals surface area contributed by atoms with Gasteiger partial charge >= 0.3 is 12.2 Å². The minimum Gasteiger partial charge on any atom is -0.326 e. The molecular formula is C10H13F3N2O2. The van der Waals surface area contributed by atoms with Gasteiger partial charge in [0.1, 0.15) is 6.04 Å². The van der Waals surface area contributed by atoms with E-state index in [9.17, 15) is 22.8 Å². The number of halogens is 3. The number of carbonyl (C=O) groups excluding carboxylic acids is 2. The van der Waals surface area contributed by atoms with Gasteiger partial charge in [0.2, 0.25) is 0 Å². The molecule has 1 saturated heterocycles. The molecule has 4 nitrogen and oxygen atoms in total. The summed E-state index contributed by atoms with van der Waals surface area (Å²) in [5, 5.41) is 4.54. The maximum Gasteiger partial charge on any atom is 0.391 e. The van der Waals surface area contributed by atoms with Gasteiger partial charge in [-0.3, -0.25) is 10.1 Å². The SMILES string of the molecule is O=C1NC(=O)C(C2CCC(C(F)(F)F)CC2)N1. The van der Waals surface area contributed by atoms with E-state index in [2.05, 4.69) is 10.6 Å². The molecule has 2 N–H and O–H groups in total. The number of imide groups is 1. The van der Waals surface area contributed by atoms with E-state index in [4.69, 9.17) is 0 Å². The summed E-state index contributed by atoms with van der Waals surface area (Å²) in [4.78, 5) is 22.3. The first-order valence-electron chi connectivity index (χ1n) is 5.56. The molecule has 0 aromatic heterocycles. The Labute approximate surface area is 95.9 Å². The van der Waals surface area contributed by atoms with Crippen molar-refractivity contribution in [2.24, 2.45) is 11.8 Å². The van der Waals surface area contributed by atoms with Gasteiger partial charge in [-0.2, -0.15) is 13.2 Å². The van der Waals surface area contributed by atoms with Gasteiger partial charge in [-0.05, 0) is 31.6 Å². The minimum absolute atomic E-state index is 0.0355. The van der Waals surface area contributed by atoms with Crippen molar-refractivity contribution in [3.8, 4) is 0 Å². The van der Waals surface area contributed by atoms with E-state index in [0.717, 1.165) is 0 Å². The summed E-state index contributed by atoms with van der Waals surface area (Å²) in [5.74, 6) is -1.87. The Morgan fingerprint density at radius 3 is 2.06 bits per heavy atom. The lowest BCUT2D eigenvalue weighted by Gasteiger charge is -2.31. The molecule has 0 spiro atoms. The van der Waals surface area contributed by atoms with Gasteiger partial charge in [0, 0.05) is 0 Å². The molecule has 2 aliphatic rings. The molecule has 2 fully saturated rings. The first kappa shape index (κ1) is 12.2. The van der Waals surface area contributed by atoms with Gasteiger partial charge in [0.15, 0.2) is 0 Å². The first-order chi connectivity index (χ1) is 7.88. The predicted octanol–water partition coefficient (Wildman–Crippen LogP) is 1.56. The van der Waals surface area contributed by atoms with E-state index in [0.29, 0.717) is 12.8 Å². The summed E-state index contributed by atoms with van der Waals surface area (Å²) in [6.45, 7) is 0. The number of nitrogens with one attached hydrogen (secondary N) is 2. The Hall–Kier alpha value is -1.27. The zero-order chi connectivity index (χ0) is 12.6. The second-order valence-corrected chi connectivity index (χ2v) is 4.59. The van der Waals surface area contributed by atoms with Gasteiger partial charge < -0.3 is 5.32 Å². The van der Waals surface area contributed by atoms with E-state index in [1.165, 1.54) is 0 Å². The van der Waals surface area contributed by atoms with Crippen LogP contribution in [0.2, 0.25) is 0 Å². The molecule has 1 aliphatic carbocycles. The van der Waals surface area contributed by atoms with Crippen LogP contribution in [0, 0.1) is 11.8 Å². The molecule has 1 unspecified atom stereocenters. The molecule has 0 bridgehead atoms. The molecular weight excluding hydrogens is 237 g/mol. The Balaban J connectivity index is 1.91. The van der Waals surface area contributed by atoms with Gasteiger partial charge in [-0.25, -0.2) is 4.79 Å². The van der Waals surface area contributed by atoms with Gasteiger partial charge in [-0.15, -0.1) is 0 Å². The fraction of sp³-hybridized carbons (Fsp3) is 0.800. The average Bonchev–Trinajstić information content (AvgIpc) is 2.57. The summed E-state index contributed by atoms with van der Waals surface area (Å²) >= 11 is 0. The summed E-state index contributed by atoms with van der Waals surface area (Å²) in [5.41, 5.74) is 0. The van der Waals surface area contributed by atoms with Gasteiger partial charge in [-0.1, -0.05) is 0 Å². The van der Waals surface area contributed by atoms with E-state index in [1.54, 1.807) is 0 Å². The van der Waals surface area contributed by atoms with Crippen molar-refractivity contribution in [3.05, 3.63) is 0 Å². The summed E-state index contributed by atoms with van der Waals surface area (Å²) in [7, 11) is 0. The fourth-order valence-corrected chi connectivity index (χ4v) is 2.54. The number of amides is 3. The lowest BCUT2D eigenvalue weighted by atomic mass is 9.78. The number of hydrogen-bond acceptors (Lipinski definition) is 2. The molecule has 2 rings (SSSR count). The van der Waals surface area contributed by atoms with Crippen LogP contribution in [-0.2, 0) is 4.79 Å². The third kappa shape index (κ3) is 2.53. The minimum atomic E-state index is -4.15. The normalized spacial score (nSPS) is 34.4. The highest BCUT2D eigenvalue weighted by Gasteiger charge is 2.44. The summed E-state index contributed by atoms with van der Waals surface area (Å²) in [6, 6.07) is -1.21. The largest absolute Gasteiger partial charge is 0.391 e. The number of rotatable bonds is 1. The number of hydrogen-bond donors (Lipinski definition) is 2. The zero-order valence-corrected chi connectivity index (χ0v) is 9.01. The molecule has 7 heteroatoms. The van der Waals surface area contributed by atoms with Crippen molar-refractivity contribution in [3.63, 3.8) is 0 Å². The molecule has 1 aliphatic heterocycles. The first-order valence-corrected chi connectivity index (χ1v) is 5.56. The van der Waals surface area contributed by atoms with Crippen LogP contribution in [0.1, 0.15) is 25.7 Å². The molecule has 3 amide bonds. The van der Waals surface area contributed by atoms with Gasteiger partial charge in [0.05, 0.1) is 5.92 Å². The molecule has 96 valence electrons. The quantitative estimate of drug-likeness (QED) is 0.694. The van der Waals surface area contributed by atoms with Gasteiger partial charge in [0.25, 0.3) is 5.91 Å². The lowest BCUT2D eigenvalue weighted by molar-refractivity contribution is -0.184. The van der Waals surface area contributed by atoms with Crippen LogP contribution in [0.5, 0.6) is 0 Å². The highest BCUT2D eigenvalue weighted by atomic mass is 19.4. The van der Waals surface area contributed by atoms with Crippen LogP contribution in [0.3, 0.4) is 0 Å². The molecule has 1 saturated carbocycles. The summed E-state index contributed by atoms with van der Waals surface area (Å²) in [6.07, 6.45) is -3.43. The predicted molar refractivity (Wildman–Crippen MR) is 52.0 cm³/mol. The highest BCUT2D eigenvalue weighted by Crippen LogP contribution is 2.40. The Bertz CT molecular complexity index is 335. The molecule has 17 heavy (non-hydrogen) atoms. The van der Waals surface area contributed by atoms with Crippen LogP contribution in [0.4, 0.5) is 18.0 Å². The standard InChI is InChI=1S/C10H13F3N2O2/c11-10(12,13)6-3-1-5(2-4-6)7-8(16)15-9(17)14-7/h5-7H,1-4H2,(H2,14,15,16,17). The average molecular weight is 250 g/mol. The molecule has 0 aromatic rings. The Kier molecular flexibility index (Phi) is 3.01. The highest BCUT2D eigenvalue weighted by molar-refractivity contribution is 6.04. The number of urea groups is 1. The monoisotopic (exact) mass is 250 g/mol. The molecule has 1 atom stereocenters. The van der Waals surface area contributed by atoms with Crippen LogP contribution in [-0.4, -0.2) is 24.2 Å². The van der Waals surface area contributed by atoms with Crippen molar-refractivity contribution in [1.29, 1.82) is 0 Å². The van der Waals surface area contributed by atoms with E-state index < -0.39 is 30.1 Å². The van der Waals surface area contributed by atoms with Crippen LogP contribution in [0.25, 0.3) is 0 Å². The third-order valence-electron chi connectivity index (χ3n) is 3.51. The van der Waals surface area contributed by atoms with Crippen molar-refractivity contribution in [2.45, 2.75) is 37.9 Å². The molecule has 1 heterocycles. The van der Waals surface area contributed by atoms with Crippen molar-refractivity contribution in [2.75, 3.05) is 0 Å². The van der Waals surface area contributed by atoms with Crippen LogP contribution < -0.4 is 10.6 Å². The van der Waals surface area contributed by atoms with Crippen LogP contribution in [0.15, 0.2) is 0 Å². The third-order valence-corrected chi connectivity index (χ3v) is 3.51. The molecule has 0 aromatic carbocycles. The van der Waals surface area contributed by atoms with E-state index >= 15 is 0 Å². The Morgan fingerprint density at radius 1 is 1.06 bits per heavy atom. The number of carbonyl (C=O) groups is 2. The van der Waals surface area contributed by atoms with E-state index in [-0.39, 0.29) is 18.8 Å². The molecule has 0 radical (unpaired) electrons. The Morgan fingerprint density at radius 2 is 1.65 bits per heavy atom. The fourth-order valence-electron chi connectivity index (χ4n) is 2.54. The smallest absolute Gasteiger partial charge is 0.326 e. The summed E-state index contributed by atoms with van der Waals surface area (Å²) < 4.78 is 37.3. The number of alkyl halides is 3. The second-order valence-electron chi connectivity index (χ2n) is 4.59. The topological polar surface area (TPSA) is 58.2 Å². The lowest BCUT2D eigenvalue weighted by Crippen LogP contribution is -2.40. The second kappa shape index (κ2) is 4.19. The van der Waals surface area contributed by atoms with E-state index in [1.807, 2.05) is 0 Å². The van der Waals surface area contributed by atoms with Crippen LogP contribution >= 0.6 is 0 Å². The zero-order valence-electron chi connectivity index (χ0n) is 9.01. The van der Waals surface area contributed by atoms with Crippen molar-refractivity contribution >= 4 is 11.9 Å². The maximum atomic E-state index is 12.4. The van der Waals surface area contributed by atoms with Crippen molar-refractivity contribution in [1.82, 2.24) is 10.6 Å². The maximum absolute atomic E-state index is 12.4.